The molecule has 1 aromatic rings. The van der Waals surface area contributed by atoms with Crippen LogP contribution in [0.15, 0.2) is 18.7 Å². The molecule has 94 valence electrons. The van der Waals surface area contributed by atoms with E-state index in [0.717, 1.165) is 38.8 Å². The summed E-state index contributed by atoms with van der Waals surface area (Å²) >= 11 is 0. The smallest absolute Gasteiger partial charge is 0.306 e. The normalized spacial score (nSPS) is 24.7. The van der Waals surface area contributed by atoms with Crippen molar-refractivity contribution in [3.8, 4) is 0 Å². The molecule has 0 radical (unpaired) electrons. The van der Waals surface area contributed by atoms with E-state index in [1.165, 1.54) is 0 Å². The third-order valence-corrected chi connectivity index (χ3v) is 3.39. The average molecular weight is 237 g/mol. The molecular weight excluding hydrogens is 218 g/mol. The molecule has 0 aromatic carbocycles. The maximum absolute atomic E-state index is 10.9. The molecule has 0 saturated heterocycles. The summed E-state index contributed by atoms with van der Waals surface area (Å²) in [4.78, 5) is 14.9. The molecular formula is C12H19N3O2. The van der Waals surface area contributed by atoms with Gasteiger partial charge in [-0.25, -0.2) is 4.98 Å². The third-order valence-electron chi connectivity index (χ3n) is 3.39. The Balaban J connectivity index is 1.70. The van der Waals surface area contributed by atoms with Crippen molar-refractivity contribution in [3.05, 3.63) is 18.7 Å². The molecule has 0 bridgehead atoms. The number of carboxylic acid groups (broad SMARTS) is 1. The Morgan fingerprint density at radius 1 is 1.53 bits per heavy atom. The van der Waals surface area contributed by atoms with Crippen molar-refractivity contribution in [1.82, 2.24) is 14.9 Å². The molecule has 1 heterocycles. The minimum absolute atomic E-state index is 0.158. The first-order valence-electron chi connectivity index (χ1n) is 6.17. The second-order valence-corrected chi connectivity index (χ2v) is 4.65. The van der Waals surface area contributed by atoms with Gasteiger partial charge in [0.1, 0.15) is 0 Å². The van der Waals surface area contributed by atoms with E-state index in [9.17, 15) is 4.79 Å². The van der Waals surface area contributed by atoms with Crippen molar-refractivity contribution in [2.75, 3.05) is 6.54 Å². The van der Waals surface area contributed by atoms with Crippen LogP contribution >= 0.6 is 0 Å². The molecule has 2 unspecified atom stereocenters. The van der Waals surface area contributed by atoms with Crippen LogP contribution in [0.25, 0.3) is 0 Å². The van der Waals surface area contributed by atoms with E-state index in [4.69, 9.17) is 5.11 Å². The van der Waals surface area contributed by atoms with Gasteiger partial charge in [-0.15, -0.1) is 0 Å². The van der Waals surface area contributed by atoms with Gasteiger partial charge in [0.05, 0.1) is 12.2 Å². The number of nitrogens with one attached hydrogen (secondary N) is 1. The van der Waals surface area contributed by atoms with E-state index in [-0.39, 0.29) is 5.92 Å². The first-order chi connectivity index (χ1) is 8.25. The molecule has 1 aliphatic rings. The SMILES string of the molecule is O=C(O)C1CCCC(NCCn2ccnc2)C1. The Morgan fingerprint density at radius 3 is 3.12 bits per heavy atom. The predicted molar refractivity (Wildman–Crippen MR) is 63.6 cm³/mol. The molecule has 0 amide bonds. The lowest BCUT2D eigenvalue weighted by atomic mass is 9.86. The van der Waals surface area contributed by atoms with Crippen LogP contribution < -0.4 is 5.32 Å². The summed E-state index contributed by atoms with van der Waals surface area (Å²) < 4.78 is 2.02. The summed E-state index contributed by atoms with van der Waals surface area (Å²) in [5, 5.41) is 12.4. The quantitative estimate of drug-likeness (QED) is 0.805. The fraction of sp³-hybridized carbons (Fsp3) is 0.667. The highest BCUT2D eigenvalue weighted by Crippen LogP contribution is 2.24. The molecule has 2 rings (SSSR count). The number of hydrogen-bond acceptors (Lipinski definition) is 3. The van der Waals surface area contributed by atoms with Crippen LogP contribution in [-0.2, 0) is 11.3 Å². The van der Waals surface area contributed by atoms with Gasteiger partial charge in [-0.3, -0.25) is 4.79 Å². The lowest BCUT2D eigenvalue weighted by Gasteiger charge is -2.27. The number of rotatable bonds is 5. The molecule has 17 heavy (non-hydrogen) atoms. The van der Waals surface area contributed by atoms with E-state index in [1.807, 2.05) is 10.8 Å². The Bertz CT molecular complexity index is 351. The number of hydrogen-bond donors (Lipinski definition) is 2. The van der Waals surface area contributed by atoms with E-state index in [2.05, 4.69) is 10.3 Å². The maximum Gasteiger partial charge on any atom is 0.306 e. The van der Waals surface area contributed by atoms with Gasteiger partial charge in [-0.1, -0.05) is 6.42 Å². The molecule has 1 aliphatic carbocycles. The van der Waals surface area contributed by atoms with Crippen LogP contribution in [0.4, 0.5) is 0 Å². The van der Waals surface area contributed by atoms with Gasteiger partial charge in [0.2, 0.25) is 0 Å². The Morgan fingerprint density at radius 2 is 2.41 bits per heavy atom. The van der Waals surface area contributed by atoms with Gasteiger partial charge in [0, 0.05) is 31.5 Å². The summed E-state index contributed by atoms with van der Waals surface area (Å²) in [5.41, 5.74) is 0. The molecule has 5 heteroatoms. The highest BCUT2D eigenvalue weighted by atomic mass is 16.4. The minimum Gasteiger partial charge on any atom is -0.481 e. The second kappa shape index (κ2) is 5.82. The topological polar surface area (TPSA) is 67.2 Å². The third kappa shape index (κ3) is 3.56. The highest BCUT2D eigenvalue weighted by molar-refractivity contribution is 5.70. The fourth-order valence-electron chi connectivity index (χ4n) is 2.42. The first-order valence-corrected chi connectivity index (χ1v) is 6.17. The van der Waals surface area contributed by atoms with E-state index in [1.54, 1.807) is 12.5 Å². The van der Waals surface area contributed by atoms with Crippen LogP contribution in [0.5, 0.6) is 0 Å². The Labute approximate surface area is 101 Å². The number of aromatic nitrogens is 2. The van der Waals surface area contributed by atoms with Crippen molar-refractivity contribution >= 4 is 5.97 Å². The van der Waals surface area contributed by atoms with Gasteiger partial charge in [-0.2, -0.15) is 0 Å². The molecule has 0 spiro atoms. The molecule has 2 N–H and O–H groups in total. The monoisotopic (exact) mass is 237 g/mol. The molecule has 5 nitrogen and oxygen atoms in total. The largest absolute Gasteiger partial charge is 0.481 e. The number of nitrogens with zero attached hydrogens (tertiary/aromatic N) is 2. The van der Waals surface area contributed by atoms with Crippen molar-refractivity contribution < 1.29 is 9.90 Å². The Kier molecular flexibility index (Phi) is 4.14. The fourth-order valence-corrected chi connectivity index (χ4v) is 2.42. The molecule has 1 saturated carbocycles. The Hall–Kier alpha value is -1.36. The maximum atomic E-state index is 10.9. The zero-order chi connectivity index (χ0) is 12.1. The van der Waals surface area contributed by atoms with E-state index in [0.29, 0.717) is 6.04 Å². The van der Waals surface area contributed by atoms with E-state index < -0.39 is 5.97 Å². The standard InChI is InChI=1S/C12H19N3O2/c16-12(17)10-2-1-3-11(8-10)14-5-7-15-6-4-13-9-15/h4,6,9-11,14H,1-3,5,7-8H2,(H,16,17). The van der Waals surface area contributed by atoms with Crippen molar-refractivity contribution in [2.24, 2.45) is 5.92 Å². The minimum atomic E-state index is -0.647. The summed E-state index contributed by atoms with van der Waals surface area (Å²) in [6.45, 7) is 1.75. The van der Waals surface area contributed by atoms with Gasteiger partial charge in [0.25, 0.3) is 0 Å². The van der Waals surface area contributed by atoms with Crippen molar-refractivity contribution in [1.29, 1.82) is 0 Å². The first kappa shape index (κ1) is 12.1. The molecule has 1 aromatic heterocycles. The van der Waals surface area contributed by atoms with Gasteiger partial charge < -0.3 is 15.0 Å². The van der Waals surface area contributed by atoms with Gasteiger partial charge >= 0.3 is 5.97 Å². The summed E-state index contributed by atoms with van der Waals surface area (Å²) in [6, 6.07) is 0.355. The van der Waals surface area contributed by atoms with Crippen molar-refractivity contribution in [3.63, 3.8) is 0 Å². The molecule has 0 aliphatic heterocycles. The lowest BCUT2D eigenvalue weighted by molar-refractivity contribution is -0.143. The number of imidazole rings is 1. The zero-order valence-electron chi connectivity index (χ0n) is 9.88. The van der Waals surface area contributed by atoms with Gasteiger partial charge in [-0.05, 0) is 19.3 Å². The van der Waals surface area contributed by atoms with Crippen LogP contribution in [0.1, 0.15) is 25.7 Å². The van der Waals surface area contributed by atoms with Crippen LogP contribution in [-0.4, -0.2) is 33.2 Å². The summed E-state index contributed by atoms with van der Waals surface area (Å²) in [7, 11) is 0. The van der Waals surface area contributed by atoms with Crippen LogP contribution in [0.2, 0.25) is 0 Å². The van der Waals surface area contributed by atoms with Crippen LogP contribution in [0, 0.1) is 5.92 Å². The van der Waals surface area contributed by atoms with Crippen LogP contribution in [0.3, 0.4) is 0 Å². The number of aliphatic carboxylic acids is 1. The average Bonchev–Trinajstić information content (AvgIpc) is 2.82. The predicted octanol–water partition coefficient (Wildman–Crippen LogP) is 1.12. The summed E-state index contributed by atoms with van der Waals surface area (Å²) in [5.74, 6) is -0.805. The van der Waals surface area contributed by atoms with Gasteiger partial charge in [0.15, 0.2) is 0 Å². The lowest BCUT2D eigenvalue weighted by Crippen LogP contribution is -2.37. The highest BCUT2D eigenvalue weighted by Gasteiger charge is 2.26. The second-order valence-electron chi connectivity index (χ2n) is 4.65. The molecule has 1 fully saturated rings. The van der Waals surface area contributed by atoms with E-state index >= 15 is 0 Å². The number of carboxylic acids is 1. The number of carbonyl (C=O) groups is 1. The summed E-state index contributed by atoms with van der Waals surface area (Å²) in [6.07, 6.45) is 9.19. The molecule has 2 atom stereocenters. The van der Waals surface area contributed by atoms with Crippen molar-refractivity contribution in [2.45, 2.75) is 38.3 Å². The zero-order valence-corrected chi connectivity index (χ0v) is 9.88.